The van der Waals surface area contributed by atoms with Crippen molar-refractivity contribution < 1.29 is 13.9 Å². The van der Waals surface area contributed by atoms with Gasteiger partial charge in [-0.05, 0) is 56.3 Å². The summed E-state index contributed by atoms with van der Waals surface area (Å²) in [6.45, 7) is 4.86. The van der Waals surface area contributed by atoms with Crippen LogP contribution >= 0.6 is 0 Å². The van der Waals surface area contributed by atoms with E-state index in [1.165, 1.54) is 6.42 Å². The number of ether oxygens (including phenoxy) is 1. The minimum atomic E-state index is 0.0542. The highest BCUT2D eigenvalue weighted by Crippen LogP contribution is 2.28. The fourth-order valence-corrected chi connectivity index (χ4v) is 4.03. The molecule has 1 aromatic carbocycles. The molecule has 0 aliphatic heterocycles. The van der Waals surface area contributed by atoms with Gasteiger partial charge in [-0.25, -0.2) is 0 Å². The van der Waals surface area contributed by atoms with Crippen molar-refractivity contribution >= 4 is 5.91 Å². The maximum Gasteiger partial charge on any atom is 0.253 e. The van der Waals surface area contributed by atoms with E-state index in [0.29, 0.717) is 18.2 Å². The Balaban J connectivity index is 1.68. The molecular formula is C23H30N2O3. The highest BCUT2D eigenvalue weighted by molar-refractivity contribution is 5.94. The Morgan fingerprint density at radius 2 is 1.89 bits per heavy atom. The minimum Gasteiger partial charge on any atom is -0.490 e. The predicted octanol–water partition coefficient (Wildman–Crippen LogP) is 4.36. The van der Waals surface area contributed by atoms with Crippen molar-refractivity contribution in [3.8, 4) is 5.75 Å². The molecule has 1 fully saturated rings. The van der Waals surface area contributed by atoms with Gasteiger partial charge in [-0.15, -0.1) is 0 Å². The van der Waals surface area contributed by atoms with Crippen molar-refractivity contribution in [2.45, 2.75) is 44.3 Å². The summed E-state index contributed by atoms with van der Waals surface area (Å²) in [5.41, 5.74) is 0.687. The van der Waals surface area contributed by atoms with Crippen molar-refractivity contribution in [2.24, 2.45) is 0 Å². The first-order valence-corrected chi connectivity index (χ1v) is 9.93. The van der Waals surface area contributed by atoms with Crippen LogP contribution in [0.5, 0.6) is 5.75 Å². The van der Waals surface area contributed by atoms with E-state index in [0.717, 1.165) is 37.3 Å². The largest absolute Gasteiger partial charge is 0.490 e. The van der Waals surface area contributed by atoms with Gasteiger partial charge in [-0.3, -0.25) is 9.69 Å². The monoisotopic (exact) mass is 382 g/mol. The number of hydrogen-bond acceptors (Lipinski definition) is 4. The number of carbonyl (C=O) groups excluding carboxylic acids is 1. The first kappa shape index (κ1) is 20.2. The highest BCUT2D eigenvalue weighted by atomic mass is 16.5. The van der Waals surface area contributed by atoms with Gasteiger partial charge in [-0.2, -0.15) is 0 Å². The van der Waals surface area contributed by atoms with Gasteiger partial charge < -0.3 is 14.1 Å². The number of likely N-dealkylation sites (N-methyl/N-ethyl adjacent to an activating group) is 2. The SMILES string of the molecule is C=CCOc1ccc(C(=O)N(C)C2CCCCC2N(C)Cc2ccco2)cc1. The molecule has 5 heteroatoms. The van der Waals surface area contributed by atoms with Crippen LogP contribution in [0.2, 0.25) is 0 Å². The van der Waals surface area contributed by atoms with Crippen LogP contribution in [0.3, 0.4) is 0 Å². The van der Waals surface area contributed by atoms with Crippen molar-refractivity contribution in [1.82, 2.24) is 9.80 Å². The minimum absolute atomic E-state index is 0.0542. The third-order valence-corrected chi connectivity index (χ3v) is 5.53. The van der Waals surface area contributed by atoms with Crippen LogP contribution < -0.4 is 4.74 Å². The van der Waals surface area contributed by atoms with Crippen LogP contribution in [0.15, 0.2) is 59.7 Å². The van der Waals surface area contributed by atoms with E-state index < -0.39 is 0 Å². The summed E-state index contributed by atoms with van der Waals surface area (Å²) in [7, 11) is 4.05. The summed E-state index contributed by atoms with van der Waals surface area (Å²) in [6.07, 6.45) is 7.88. The Morgan fingerprint density at radius 3 is 2.54 bits per heavy atom. The third-order valence-electron chi connectivity index (χ3n) is 5.53. The van der Waals surface area contributed by atoms with Gasteiger partial charge in [-0.1, -0.05) is 25.5 Å². The summed E-state index contributed by atoms with van der Waals surface area (Å²) in [5.74, 6) is 1.75. The number of furan rings is 1. The second-order valence-corrected chi connectivity index (χ2v) is 7.45. The van der Waals surface area contributed by atoms with Gasteiger partial charge in [0.15, 0.2) is 0 Å². The summed E-state index contributed by atoms with van der Waals surface area (Å²) >= 11 is 0. The molecule has 1 saturated carbocycles. The van der Waals surface area contributed by atoms with Gasteiger partial charge in [0.25, 0.3) is 5.91 Å². The molecule has 2 aromatic rings. The molecule has 0 spiro atoms. The van der Waals surface area contributed by atoms with E-state index >= 15 is 0 Å². The van der Waals surface area contributed by atoms with Crippen LogP contribution in [0.4, 0.5) is 0 Å². The van der Waals surface area contributed by atoms with Crippen LogP contribution in [-0.2, 0) is 6.54 Å². The molecule has 2 unspecified atom stereocenters. The van der Waals surface area contributed by atoms with Gasteiger partial charge >= 0.3 is 0 Å². The maximum absolute atomic E-state index is 13.1. The van der Waals surface area contributed by atoms with E-state index in [1.54, 1.807) is 12.3 Å². The second-order valence-electron chi connectivity index (χ2n) is 7.45. The first-order chi connectivity index (χ1) is 13.6. The Kier molecular flexibility index (Phi) is 6.93. The lowest BCUT2D eigenvalue weighted by Crippen LogP contribution is -2.52. The molecule has 1 amide bonds. The fraction of sp³-hybridized carbons (Fsp3) is 0.435. The zero-order chi connectivity index (χ0) is 19.9. The first-order valence-electron chi connectivity index (χ1n) is 9.93. The number of rotatable bonds is 8. The molecule has 1 aliphatic rings. The molecule has 28 heavy (non-hydrogen) atoms. The van der Waals surface area contributed by atoms with Crippen LogP contribution in [-0.4, -0.2) is 48.5 Å². The molecule has 150 valence electrons. The smallest absolute Gasteiger partial charge is 0.253 e. The molecule has 0 N–H and O–H groups in total. The van der Waals surface area contributed by atoms with E-state index in [1.807, 2.05) is 48.3 Å². The van der Waals surface area contributed by atoms with Crippen molar-refractivity contribution in [1.29, 1.82) is 0 Å². The van der Waals surface area contributed by atoms with Crippen LogP contribution in [0, 0.1) is 0 Å². The average molecular weight is 383 g/mol. The highest BCUT2D eigenvalue weighted by Gasteiger charge is 2.33. The van der Waals surface area contributed by atoms with Crippen molar-refractivity contribution in [3.05, 3.63) is 66.6 Å². The number of carbonyl (C=O) groups is 1. The lowest BCUT2D eigenvalue weighted by molar-refractivity contribution is 0.0473. The summed E-state index contributed by atoms with van der Waals surface area (Å²) in [6, 6.07) is 11.8. The molecule has 1 aromatic heterocycles. The predicted molar refractivity (Wildman–Crippen MR) is 110 cm³/mol. The Labute approximate surface area is 167 Å². The average Bonchev–Trinajstić information content (AvgIpc) is 3.24. The van der Waals surface area contributed by atoms with E-state index in [-0.39, 0.29) is 11.9 Å². The number of nitrogens with zero attached hydrogens (tertiary/aromatic N) is 2. The van der Waals surface area contributed by atoms with Crippen LogP contribution in [0.25, 0.3) is 0 Å². The standard InChI is InChI=1S/C23H30N2O3/c1-4-15-27-19-13-11-18(12-14-19)23(26)25(3)22-10-6-5-9-21(22)24(2)17-20-8-7-16-28-20/h4,7-8,11-14,16,21-22H,1,5-6,9-10,15,17H2,2-3H3. The molecule has 5 nitrogen and oxygen atoms in total. The van der Waals surface area contributed by atoms with Gasteiger partial charge in [0.1, 0.15) is 18.1 Å². The molecule has 0 bridgehead atoms. The lowest BCUT2D eigenvalue weighted by atomic mass is 9.88. The summed E-state index contributed by atoms with van der Waals surface area (Å²) in [4.78, 5) is 17.3. The molecular weight excluding hydrogens is 352 g/mol. The van der Waals surface area contributed by atoms with E-state index in [2.05, 4.69) is 18.5 Å². The van der Waals surface area contributed by atoms with E-state index in [9.17, 15) is 4.79 Å². The zero-order valence-corrected chi connectivity index (χ0v) is 16.8. The lowest BCUT2D eigenvalue weighted by Gasteiger charge is -2.42. The number of hydrogen-bond donors (Lipinski definition) is 0. The molecule has 1 aliphatic carbocycles. The van der Waals surface area contributed by atoms with Crippen LogP contribution in [0.1, 0.15) is 41.8 Å². The topological polar surface area (TPSA) is 45.9 Å². The Hall–Kier alpha value is -2.53. The number of amides is 1. The molecule has 2 atom stereocenters. The summed E-state index contributed by atoms with van der Waals surface area (Å²) < 4.78 is 11.0. The fourth-order valence-electron chi connectivity index (χ4n) is 4.03. The molecule has 3 rings (SSSR count). The molecule has 1 heterocycles. The second kappa shape index (κ2) is 9.60. The third kappa shape index (κ3) is 4.84. The van der Waals surface area contributed by atoms with Crippen molar-refractivity contribution in [3.63, 3.8) is 0 Å². The Bertz CT molecular complexity index is 755. The van der Waals surface area contributed by atoms with Gasteiger partial charge in [0, 0.05) is 24.7 Å². The van der Waals surface area contributed by atoms with Gasteiger partial charge in [0.2, 0.25) is 0 Å². The molecule has 0 radical (unpaired) electrons. The molecule has 0 saturated heterocycles. The quantitative estimate of drug-likeness (QED) is 0.637. The van der Waals surface area contributed by atoms with E-state index in [4.69, 9.17) is 9.15 Å². The normalized spacial score (nSPS) is 19.4. The maximum atomic E-state index is 13.1. The number of benzene rings is 1. The van der Waals surface area contributed by atoms with Gasteiger partial charge in [0.05, 0.1) is 12.8 Å². The zero-order valence-electron chi connectivity index (χ0n) is 16.8. The Morgan fingerprint density at radius 1 is 1.18 bits per heavy atom. The summed E-state index contributed by atoms with van der Waals surface area (Å²) in [5, 5.41) is 0. The van der Waals surface area contributed by atoms with Crippen molar-refractivity contribution in [2.75, 3.05) is 20.7 Å².